The van der Waals surface area contributed by atoms with Gasteiger partial charge >= 0.3 is 12.3 Å². The maximum atomic E-state index is 13.0. The van der Waals surface area contributed by atoms with Gasteiger partial charge in [0.1, 0.15) is 10.9 Å². The lowest BCUT2D eigenvalue weighted by atomic mass is 10.2. The second-order valence-electron chi connectivity index (χ2n) is 6.49. The monoisotopic (exact) mass is 424 g/mol. The van der Waals surface area contributed by atoms with E-state index in [1.54, 1.807) is 13.0 Å². The van der Waals surface area contributed by atoms with Gasteiger partial charge in [0, 0.05) is 5.39 Å². The van der Waals surface area contributed by atoms with Crippen LogP contribution in [0, 0.1) is 6.92 Å². The summed E-state index contributed by atoms with van der Waals surface area (Å²) in [5, 5.41) is 10.2. The zero-order chi connectivity index (χ0) is 20.8. The van der Waals surface area contributed by atoms with Crippen molar-refractivity contribution in [3.8, 4) is 5.69 Å². The molecule has 1 unspecified atom stereocenters. The number of hydrogen-bond acceptors (Lipinski definition) is 5. The van der Waals surface area contributed by atoms with E-state index >= 15 is 0 Å². The van der Waals surface area contributed by atoms with Crippen LogP contribution in [-0.2, 0) is 10.9 Å². The van der Waals surface area contributed by atoms with Crippen LogP contribution in [-0.4, -0.2) is 41.0 Å². The number of amides is 2. The summed E-state index contributed by atoms with van der Waals surface area (Å²) in [6, 6.07) is 6.52. The number of fused-ring (bicyclic) bond motifs is 1. The topological polar surface area (TPSA) is 85.3 Å². The maximum absolute atomic E-state index is 13.0. The SMILES string of the molecule is Cc1nn(-c2cccc(C(F)(F)F)c2)c2sc(C(=O)NCC3CNC(=O)O3)cc12. The second-order valence-corrected chi connectivity index (χ2v) is 7.52. The fourth-order valence-electron chi connectivity index (χ4n) is 2.99. The van der Waals surface area contributed by atoms with Crippen molar-refractivity contribution >= 4 is 33.6 Å². The molecule has 3 heterocycles. The molecule has 152 valence electrons. The maximum Gasteiger partial charge on any atom is 0.416 e. The molecule has 1 aromatic carbocycles. The number of cyclic esters (lactones) is 1. The third-order valence-corrected chi connectivity index (χ3v) is 5.53. The summed E-state index contributed by atoms with van der Waals surface area (Å²) in [5.41, 5.74) is 0.0860. The summed E-state index contributed by atoms with van der Waals surface area (Å²) in [5.74, 6) is -0.357. The number of halogens is 3. The van der Waals surface area contributed by atoms with Gasteiger partial charge in [-0.2, -0.15) is 18.3 Å². The first kappa shape index (κ1) is 19.2. The second kappa shape index (κ2) is 7.07. The van der Waals surface area contributed by atoms with E-state index in [1.807, 2.05) is 0 Å². The lowest BCUT2D eigenvalue weighted by molar-refractivity contribution is -0.137. The summed E-state index contributed by atoms with van der Waals surface area (Å²) in [7, 11) is 0. The summed E-state index contributed by atoms with van der Waals surface area (Å²) in [6.07, 6.45) is -5.43. The van der Waals surface area contributed by atoms with Gasteiger partial charge < -0.3 is 15.4 Å². The average Bonchev–Trinajstić information content (AvgIpc) is 3.36. The van der Waals surface area contributed by atoms with Crippen molar-refractivity contribution in [1.82, 2.24) is 20.4 Å². The largest absolute Gasteiger partial charge is 0.442 e. The van der Waals surface area contributed by atoms with Crippen LogP contribution in [0.2, 0.25) is 0 Å². The third-order valence-electron chi connectivity index (χ3n) is 4.42. The van der Waals surface area contributed by atoms with Crippen LogP contribution < -0.4 is 10.6 Å². The summed E-state index contributed by atoms with van der Waals surface area (Å²) >= 11 is 1.13. The highest BCUT2D eigenvalue weighted by Crippen LogP contribution is 2.33. The number of hydrogen-bond donors (Lipinski definition) is 2. The van der Waals surface area contributed by atoms with Crippen LogP contribution >= 0.6 is 11.3 Å². The van der Waals surface area contributed by atoms with Gasteiger partial charge in [-0.25, -0.2) is 9.48 Å². The number of benzene rings is 1. The lowest BCUT2D eigenvalue weighted by Gasteiger charge is -2.09. The number of alkyl halides is 3. The van der Waals surface area contributed by atoms with Gasteiger partial charge in [-0.15, -0.1) is 11.3 Å². The smallest absolute Gasteiger partial charge is 0.416 e. The van der Waals surface area contributed by atoms with E-state index < -0.39 is 23.9 Å². The quantitative estimate of drug-likeness (QED) is 0.673. The van der Waals surface area contributed by atoms with Crippen LogP contribution in [0.1, 0.15) is 20.9 Å². The molecular weight excluding hydrogens is 409 g/mol. The van der Waals surface area contributed by atoms with Gasteiger partial charge in [-0.05, 0) is 31.2 Å². The molecule has 0 spiro atoms. The van der Waals surface area contributed by atoms with E-state index in [2.05, 4.69) is 15.7 Å². The Kier molecular flexibility index (Phi) is 4.69. The Balaban J connectivity index is 1.60. The van der Waals surface area contributed by atoms with Crippen LogP contribution in [0.25, 0.3) is 15.9 Å². The molecule has 1 fully saturated rings. The molecule has 1 aliphatic rings. The van der Waals surface area contributed by atoms with Crippen molar-refractivity contribution in [3.63, 3.8) is 0 Å². The molecule has 2 N–H and O–H groups in total. The Morgan fingerprint density at radius 3 is 2.90 bits per heavy atom. The van der Waals surface area contributed by atoms with E-state index in [4.69, 9.17) is 4.74 Å². The zero-order valence-corrected chi connectivity index (χ0v) is 15.9. The Morgan fingerprint density at radius 1 is 1.41 bits per heavy atom. The van der Waals surface area contributed by atoms with E-state index in [9.17, 15) is 22.8 Å². The molecule has 29 heavy (non-hydrogen) atoms. The normalized spacial score (nSPS) is 16.7. The number of carbonyl (C=O) groups excluding carboxylic acids is 2. The molecular formula is C18H15F3N4O3S. The first-order valence-corrected chi connectivity index (χ1v) is 9.43. The van der Waals surface area contributed by atoms with Crippen LogP contribution in [0.5, 0.6) is 0 Å². The van der Waals surface area contributed by atoms with E-state index in [0.717, 1.165) is 23.5 Å². The predicted molar refractivity (Wildman–Crippen MR) is 99.3 cm³/mol. The van der Waals surface area contributed by atoms with Crippen molar-refractivity contribution in [2.75, 3.05) is 13.1 Å². The highest BCUT2D eigenvalue weighted by atomic mass is 32.1. The first-order valence-electron chi connectivity index (χ1n) is 8.62. The first-order chi connectivity index (χ1) is 13.7. The van der Waals surface area contributed by atoms with Gasteiger partial charge in [0.2, 0.25) is 0 Å². The molecule has 0 bridgehead atoms. The van der Waals surface area contributed by atoms with Crippen molar-refractivity contribution in [1.29, 1.82) is 0 Å². The fraction of sp³-hybridized carbons (Fsp3) is 0.278. The van der Waals surface area contributed by atoms with E-state index in [1.165, 1.54) is 16.8 Å². The molecule has 11 heteroatoms. The molecule has 1 aliphatic heterocycles. The number of nitrogens with zero attached hydrogens (tertiary/aromatic N) is 2. The van der Waals surface area contributed by atoms with Crippen molar-refractivity contribution in [2.45, 2.75) is 19.2 Å². The van der Waals surface area contributed by atoms with Crippen LogP contribution in [0.3, 0.4) is 0 Å². The van der Waals surface area contributed by atoms with E-state index in [0.29, 0.717) is 27.3 Å². The fourth-order valence-corrected chi connectivity index (χ4v) is 4.09. The molecule has 2 aromatic heterocycles. The average molecular weight is 424 g/mol. The highest BCUT2D eigenvalue weighted by Gasteiger charge is 2.31. The van der Waals surface area contributed by atoms with Crippen molar-refractivity contribution in [2.24, 2.45) is 0 Å². The molecule has 3 aromatic rings. The highest BCUT2D eigenvalue weighted by molar-refractivity contribution is 7.20. The number of aryl methyl sites for hydroxylation is 1. The molecule has 1 atom stereocenters. The third kappa shape index (κ3) is 3.77. The Morgan fingerprint density at radius 2 is 2.21 bits per heavy atom. The summed E-state index contributed by atoms with van der Waals surface area (Å²) in [4.78, 5) is 24.4. The minimum atomic E-state index is -4.46. The van der Waals surface area contributed by atoms with E-state index in [-0.39, 0.29) is 18.1 Å². The number of carbonyl (C=O) groups is 2. The number of thiophene rings is 1. The Labute approximate surface area is 166 Å². The van der Waals surface area contributed by atoms with Crippen molar-refractivity contribution in [3.05, 3.63) is 46.5 Å². The Hall–Kier alpha value is -3.08. The number of nitrogens with one attached hydrogen (secondary N) is 2. The number of alkyl carbamates (subject to hydrolysis) is 1. The zero-order valence-electron chi connectivity index (χ0n) is 15.0. The number of aromatic nitrogens is 2. The van der Waals surface area contributed by atoms with Gasteiger partial charge in [-0.1, -0.05) is 6.07 Å². The minimum absolute atomic E-state index is 0.157. The van der Waals surface area contributed by atoms with Crippen LogP contribution in [0.4, 0.5) is 18.0 Å². The summed E-state index contributed by atoms with van der Waals surface area (Å²) in [6.45, 7) is 2.20. The molecule has 1 saturated heterocycles. The summed E-state index contributed by atoms with van der Waals surface area (Å²) < 4.78 is 45.5. The Bertz CT molecular complexity index is 1110. The van der Waals surface area contributed by atoms with Gasteiger partial charge in [0.05, 0.1) is 34.9 Å². The molecule has 0 aliphatic carbocycles. The minimum Gasteiger partial charge on any atom is -0.442 e. The van der Waals surface area contributed by atoms with Crippen molar-refractivity contribution < 1.29 is 27.5 Å². The standard InChI is InChI=1S/C18H15F3N4O3S/c1-9-13-6-14(15(26)22-7-12-8-23-17(27)28-12)29-16(13)25(24-9)11-4-2-3-10(5-11)18(19,20)21/h2-6,12H,7-8H2,1H3,(H,22,26)(H,23,27). The van der Waals surface area contributed by atoms with Gasteiger partial charge in [0.15, 0.2) is 0 Å². The molecule has 4 rings (SSSR count). The molecule has 0 radical (unpaired) electrons. The van der Waals surface area contributed by atoms with Crippen LogP contribution in [0.15, 0.2) is 30.3 Å². The molecule has 2 amide bonds. The lowest BCUT2D eigenvalue weighted by Crippen LogP contribution is -2.33. The molecule has 7 nitrogen and oxygen atoms in total. The molecule has 0 saturated carbocycles. The number of rotatable bonds is 4. The van der Waals surface area contributed by atoms with Gasteiger partial charge in [0.25, 0.3) is 5.91 Å². The predicted octanol–water partition coefficient (Wildman–Crippen LogP) is 3.25. The van der Waals surface area contributed by atoms with Gasteiger partial charge in [-0.3, -0.25) is 4.79 Å². The number of ether oxygens (including phenoxy) is 1.